The van der Waals surface area contributed by atoms with E-state index in [0.717, 1.165) is 12.5 Å². The zero-order chi connectivity index (χ0) is 29.7. The Morgan fingerprint density at radius 1 is 1.07 bits per heavy atom. The molecule has 1 aromatic carbocycles. The van der Waals surface area contributed by atoms with Gasteiger partial charge in [0.25, 0.3) is 0 Å². The molecule has 0 spiro atoms. The number of benzene rings is 1. The van der Waals surface area contributed by atoms with E-state index in [0.29, 0.717) is 16.7 Å². The van der Waals surface area contributed by atoms with Gasteiger partial charge in [0.05, 0.1) is 24.0 Å². The number of rotatable bonds is 4. The smallest absolute Gasteiger partial charge is 0.190 e. The summed E-state index contributed by atoms with van der Waals surface area (Å²) in [6.07, 6.45) is 3.17. The van der Waals surface area contributed by atoms with E-state index < -0.39 is 63.1 Å². The van der Waals surface area contributed by atoms with E-state index in [1.807, 2.05) is 19.9 Å². The summed E-state index contributed by atoms with van der Waals surface area (Å²) < 4.78 is 5.20. The topological polar surface area (TPSA) is 139 Å². The van der Waals surface area contributed by atoms with Gasteiger partial charge >= 0.3 is 0 Å². The highest BCUT2D eigenvalue weighted by Gasteiger charge is 2.76. The van der Waals surface area contributed by atoms with Gasteiger partial charge < -0.3 is 14.6 Å². The lowest BCUT2D eigenvalue weighted by Gasteiger charge is -2.62. The largest absolute Gasteiger partial charge is 0.507 e. The Morgan fingerprint density at radius 2 is 1.73 bits per heavy atom. The van der Waals surface area contributed by atoms with E-state index in [-0.39, 0.29) is 36.0 Å². The number of fused-ring (bicyclic) bond motifs is 3. The summed E-state index contributed by atoms with van der Waals surface area (Å²) in [4.78, 5) is 68.7. The predicted molar refractivity (Wildman–Crippen MR) is 145 cm³/mol. The van der Waals surface area contributed by atoms with Crippen LogP contribution in [0.2, 0.25) is 0 Å². The molecule has 6 atom stereocenters. The Morgan fingerprint density at radius 3 is 2.25 bits per heavy atom. The highest BCUT2D eigenvalue weighted by Crippen LogP contribution is 2.64. The minimum absolute atomic E-state index is 0.00768. The molecule has 0 aliphatic heterocycles. The van der Waals surface area contributed by atoms with Gasteiger partial charge in [0.2, 0.25) is 0 Å². The van der Waals surface area contributed by atoms with Gasteiger partial charge in [-0.05, 0) is 60.3 Å². The molecule has 8 nitrogen and oxygen atoms in total. The molecule has 0 saturated heterocycles. The number of phenolic OH excluding ortho intramolecular Hbond substituents is 1. The van der Waals surface area contributed by atoms with Gasteiger partial charge in [0.1, 0.15) is 17.5 Å². The molecule has 3 unspecified atom stereocenters. The number of hydrogen-bond donors (Lipinski definition) is 2. The van der Waals surface area contributed by atoms with Crippen molar-refractivity contribution in [2.45, 2.75) is 72.8 Å². The third kappa shape index (κ3) is 3.38. The van der Waals surface area contributed by atoms with Gasteiger partial charge in [-0.25, -0.2) is 0 Å². The standard InChI is InChI=1S/C32H36O8/c1-14(2)18-10-19(17-8-9-40-12-17)25(34)22-20(18)11-30(6)13-31(7)23(15(3)4)26(35)21(16(5)33)28(37)32(31,39)29(38)24(30)27(22)36/h8-10,12,14-15,21,23-24,34,39H,11,13H2,1-7H3/t21?,23?,24?,30-,31-,32+/m1/s1. The summed E-state index contributed by atoms with van der Waals surface area (Å²) in [5.74, 6) is -8.98. The van der Waals surface area contributed by atoms with Crippen LogP contribution < -0.4 is 0 Å². The zero-order valence-corrected chi connectivity index (χ0v) is 24.0. The number of furan rings is 1. The van der Waals surface area contributed by atoms with Crippen LogP contribution in [-0.4, -0.2) is 44.7 Å². The fraction of sp³-hybridized carbons (Fsp3) is 0.531. The van der Waals surface area contributed by atoms with Crippen LogP contribution in [0, 0.1) is 34.5 Å². The van der Waals surface area contributed by atoms with E-state index in [1.54, 1.807) is 33.8 Å². The van der Waals surface area contributed by atoms with Crippen molar-refractivity contribution in [1.82, 2.24) is 0 Å². The van der Waals surface area contributed by atoms with Crippen molar-refractivity contribution in [3.8, 4) is 16.9 Å². The summed E-state index contributed by atoms with van der Waals surface area (Å²) in [5, 5.41) is 23.6. The van der Waals surface area contributed by atoms with Gasteiger partial charge in [0.15, 0.2) is 28.7 Å². The van der Waals surface area contributed by atoms with Crippen molar-refractivity contribution < 1.29 is 38.6 Å². The van der Waals surface area contributed by atoms with Crippen LogP contribution in [0.4, 0.5) is 0 Å². The highest BCUT2D eigenvalue weighted by atomic mass is 16.3. The zero-order valence-electron chi connectivity index (χ0n) is 24.0. The fourth-order valence-corrected chi connectivity index (χ4v) is 8.38. The van der Waals surface area contributed by atoms with E-state index in [9.17, 15) is 34.2 Å². The Kier molecular flexibility index (Phi) is 6.20. The molecule has 212 valence electrons. The number of Topliss-reactive ketones (excluding diaryl/α,β-unsaturated/α-hetero) is 5. The van der Waals surface area contributed by atoms with Gasteiger partial charge in [-0.2, -0.15) is 0 Å². The first-order chi connectivity index (χ1) is 18.5. The first kappa shape index (κ1) is 28.1. The molecule has 2 fully saturated rings. The Balaban J connectivity index is 1.77. The maximum atomic E-state index is 14.4. The summed E-state index contributed by atoms with van der Waals surface area (Å²) in [7, 11) is 0. The molecular weight excluding hydrogens is 512 g/mol. The lowest BCUT2D eigenvalue weighted by atomic mass is 9.39. The number of ketones is 5. The molecule has 2 aromatic rings. The molecule has 2 N–H and O–H groups in total. The fourth-order valence-electron chi connectivity index (χ4n) is 8.38. The molecule has 3 aliphatic carbocycles. The van der Waals surface area contributed by atoms with Crippen molar-refractivity contribution in [2.24, 2.45) is 34.5 Å². The summed E-state index contributed by atoms with van der Waals surface area (Å²) in [6.45, 7) is 12.0. The summed E-state index contributed by atoms with van der Waals surface area (Å²) >= 11 is 0. The van der Waals surface area contributed by atoms with Gasteiger partial charge in [0, 0.05) is 22.5 Å². The maximum Gasteiger partial charge on any atom is 0.190 e. The Bertz CT molecular complexity index is 1480. The van der Waals surface area contributed by atoms with Crippen LogP contribution in [-0.2, 0) is 25.6 Å². The molecule has 8 heteroatoms. The normalized spacial score (nSPS) is 33.7. The SMILES string of the molecule is CC(=O)C1C(=O)C(C(C)C)[C@@]2(C)C[C@@]3(C)Cc4c(C(C)C)cc(-c5ccoc5)c(O)c4C(=O)C3C(=O)[C@@]2(O)C1=O. The van der Waals surface area contributed by atoms with Crippen LogP contribution in [0.15, 0.2) is 29.1 Å². The lowest BCUT2D eigenvalue weighted by molar-refractivity contribution is -0.205. The maximum absolute atomic E-state index is 14.4. The second kappa shape index (κ2) is 8.80. The number of carbonyl (C=O) groups is 5. The van der Waals surface area contributed by atoms with Gasteiger partial charge in [-0.3, -0.25) is 24.0 Å². The molecule has 2 saturated carbocycles. The van der Waals surface area contributed by atoms with Crippen LogP contribution in [0.1, 0.15) is 82.3 Å². The van der Waals surface area contributed by atoms with Crippen LogP contribution in [0.25, 0.3) is 11.1 Å². The average Bonchev–Trinajstić information content (AvgIpc) is 3.35. The second-order valence-corrected chi connectivity index (χ2v) is 13.2. The Labute approximate surface area is 233 Å². The molecule has 0 amide bonds. The number of aliphatic hydroxyl groups is 1. The number of phenols is 1. The molecule has 1 heterocycles. The minimum Gasteiger partial charge on any atom is -0.507 e. The van der Waals surface area contributed by atoms with E-state index in [1.165, 1.54) is 12.5 Å². The minimum atomic E-state index is -2.71. The lowest BCUT2D eigenvalue weighted by Crippen LogP contribution is -2.76. The highest BCUT2D eigenvalue weighted by molar-refractivity contribution is 6.32. The third-order valence-electron chi connectivity index (χ3n) is 9.87. The van der Waals surface area contributed by atoms with Crippen molar-refractivity contribution in [3.05, 3.63) is 41.3 Å². The average molecular weight is 549 g/mol. The van der Waals surface area contributed by atoms with Gasteiger partial charge in [-0.1, -0.05) is 41.5 Å². The van der Waals surface area contributed by atoms with Crippen molar-refractivity contribution in [1.29, 1.82) is 0 Å². The summed E-state index contributed by atoms with van der Waals surface area (Å²) in [5.41, 5.74) is -2.87. The quantitative estimate of drug-likeness (QED) is 0.534. The molecular formula is C32H36O8. The van der Waals surface area contributed by atoms with Gasteiger partial charge in [-0.15, -0.1) is 0 Å². The van der Waals surface area contributed by atoms with E-state index in [4.69, 9.17) is 4.42 Å². The molecule has 5 rings (SSSR count). The van der Waals surface area contributed by atoms with Crippen molar-refractivity contribution in [3.63, 3.8) is 0 Å². The first-order valence-electron chi connectivity index (χ1n) is 13.8. The number of carbonyl (C=O) groups excluding carboxylic acids is 5. The van der Waals surface area contributed by atoms with Crippen LogP contribution in [0.3, 0.4) is 0 Å². The number of aromatic hydroxyl groups is 1. The first-order valence-corrected chi connectivity index (χ1v) is 13.8. The van der Waals surface area contributed by atoms with Crippen molar-refractivity contribution >= 4 is 28.9 Å². The summed E-state index contributed by atoms with van der Waals surface area (Å²) in [6, 6.07) is 3.50. The van der Waals surface area contributed by atoms with Crippen LogP contribution >= 0.6 is 0 Å². The molecule has 3 aliphatic rings. The molecule has 1 aromatic heterocycles. The van der Waals surface area contributed by atoms with Crippen molar-refractivity contribution in [2.75, 3.05) is 0 Å². The molecule has 0 radical (unpaired) electrons. The third-order valence-corrected chi connectivity index (χ3v) is 9.87. The molecule has 0 bridgehead atoms. The number of hydrogen-bond acceptors (Lipinski definition) is 8. The predicted octanol–water partition coefficient (Wildman–Crippen LogP) is 4.48. The molecule has 40 heavy (non-hydrogen) atoms. The second-order valence-electron chi connectivity index (χ2n) is 13.2. The van der Waals surface area contributed by atoms with E-state index >= 15 is 0 Å². The monoisotopic (exact) mass is 548 g/mol. The van der Waals surface area contributed by atoms with E-state index in [2.05, 4.69) is 0 Å². The Hall–Kier alpha value is -3.39. The van der Waals surface area contributed by atoms with Crippen LogP contribution in [0.5, 0.6) is 5.75 Å².